The van der Waals surface area contributed by atoms with E-state index < -0.39 is 17.6 Å². The Kier molecular flexibility index (Phi) is 7.40. The molecule has 0 aliphatic rings. The fraction of sp³-hybridized carbons (Fsp3) is 0.308. The maximum absolute atomic E-state index is 12.6. The van der Waals surface area contributed by atoms with Crippen LogP contribution in [-0.4, -0.2) is 37.8 Å². The zero-order valence-electron chi connectivity index (χ0n) is 21.2. The molecule has 0 aliphatic carbocycles. The van der Waals surface area contributed by atoms with E-state index in [2.05, 4.69) is 30.8 Å². The molecule has 1 aromatic carbocycles. The number of carbonyl (C=O) groups is 2. The van der Waals surface area contributed by atoms with E-state index in [4.69, 9.17) is 20.8 Å². The van der Waals surface area contributed by atoms with Crippen LogP contribution in [0, 0.1) is 13.8 Å². The molecule has 0 bridgehead atoms. The third-order valence-corrected chi connectivity index (χ3v) is 5.54. The molecule has 3 aromatic heterocycles. The van der Waals surface area contributed by atoms with Crippen molar-refractivity contribution in [3.63, 3.8) is 0 Å². The molecule has 11 heteroatoms. The number of aryl methyl sites for hydroxylation is 2. The molecule has 0 aliphatic heterocycles. The standard InChI is InChI=1S/C26H27ClN6O4/c1-14-8-21(31-25(35)37-26(3,4)5)30-15(2)19(14)13-29-23(34)24-33-32-22(36-24)10-16-6-7-20-17(9-16)11-18(27)12-28-20/h6-9,11-12H,10,13H2,1-5H3,(H,29,34)(H,30,31,35). The number of anilines is 1. The molecule has 0 unspecified atom stereocenters. The summed E-state index contributed by atoms with van der Waals surface area (Å²) >= 11 is 6.04. The van der Waals surface area contributed by atoms with Gasteiger partial charge in [-0.05, 0) is 75.6 Å². The molecule has 0 radical (unpaired) electrons. The van der Waals surface area contributed by atoms with Crippen LogP contribution in [0.4, 0.5) is 10.6 Å². The van der Waals surface area contributed by atoms with E-state index in [1.165, 1.54) is 0 Å². The Morgan fingerprint density at radius 1 is 1.11 bits per heavy atom. The number of halogens is 1. The minimum Gasteiger partial charge on any atom is -0.444 e. The summed E-state index contributed by atoms with van der Waals surface area (Å²) in [5.74, 6) is 0.0497. The summed E-state index contributed by atoms with van der Waals surface area (Å²) in [7, 11) is 0. The molecular weight excluding hydrogens is 496 g/mol. The van der Waals surface area contributed by atoms with Gasteiger partial charge in [-0.2, -0.15) is 0 Å². The molecule has 0 saturated heterocycles. The van der Waals surface area contributed by atoms with Crippen LogP contribution in [-0.2, 0) is 17.7 Å². The Morgan fingerprint density at radius 3 is 2.62 bits per heavy atom. The number of ether oxygens (including phenoxy) is 1. The minimum atomic E-state index is -0.617. The van der Waals surface area contributed by atoms with E-state index in [0.29, 0.717) is 28.8 Å². The van der Waals surface area contributed by atoms with Gasteiger partial charge in [0, 0.05) is 23.8 Å². The van der Waals surface area contributed by atoms with Gasteiger partial charge in [0.1, 0.15) is 11.4 Å². The quantitative estimate of drug-likeness (QED) is 0.355. The molecule has 4 rings (SSSR count). The van der Waals surface area contributed by atoms with E-state index in [9.17, 15) is 9.59 Å². The van der Waals surface area contributed by atoms with Gasteiger partial charge >= 0.3 is 17.9 Å². The third kappa shape index (κ3) is 6.79. The van der Waals surface area contributed by atoms with E-state index in [-0.39, 0.29) is 12.4 Å². The number of pyridine rings is 2. The molecule has 4 aromatic rings. The summed E-state index contributed by atoms with van der Waals surface area (Å²) in [6.45, 7) is 9.22. The Hall–Kier alpha value is -4.05. The van der Waals surface area contributed by atoms with Gasteiger partial charge in [-0.25, -0.2) is 9.78 Å². The molecule has 2 N–H and O–H groups in total. The number of nitrogens with one attached hydrogen (secondary N) is 2. The van der Waals surface area contributed by atoms with Crippen molar-refractivity contribution in [2.75, 3.05) is 5.32 Å². The number of hydrogen-bond donors (Lipinski definition) is 2. The Labute approximate surface area is 218 Å². The monoisotopic (exact) mass is 522 g/mol. The van der Waals surface area contributed by atoms with Crippen LogP contribution < -0.4 is 10.6 Å². The van der Waals surface area contributed by atoms with Crippen molar-refractivity contribution in [2.45, 2.75) is 53.2 Å². The lowest BCUT2D eigenvalue weighted by Crippen LogP contribution is -2.28. The molecule has 3 heterocycles. The summed E-state index contributed by atoms with van der Waals surface area (Å²) < 4.78 is 10.8. The Morgan fingerprint density at radius 2 is 1.89 bits per heavy atom. The highest BCUT2D eigenvalue weighted by molar-refractivity contribution is 6.31. The topological polar surface area (TPSA) is 132 Å². The van der Waals surface area contributed by atoms with Crippen molar-refractivity contribution in [1.82, 2.24) is 25.5 Å². The Balaban J connectivity index is 1.38. The van der Waals surface area contributed by atoms with Crippen LogP contribution in [0.5, 0.6) is 0 Å². The summed E-state index contributed by atoms with van der Waals surface area (Å²) in [6, 6.07) is 9.29. The number of aromatic nitrogens is 4. The first kappa shape index (κ1) is 26.0. The van der Waals surface area contributed by atoms with Crippen LogP contribution in [0.1, 0.15) is 59.7 Å². The van der Waals surface area contributed by atoms with Crippen LogP contribution in [0.25, 0.3) is 10.9 Å². The van der Waals surface area contributed by atoms with Gasteiger partial charge in [0.05, 0.1) is 17.0 Å². The fourth-order valence-electron chi connectivity index (χ4n) is 3.70. The summed E-state index contributed by atoms with van der Waals surface area (Å²) in [4.78, 5) is 33.4. The number of hydrogen-bond acceptors (Lipinski definition) is 8. The molecule has 0 fully saturated rings. The zero-order valence-corrected chi connectivity index (χ0v) is 21.9. The van der Waals surface area contributed by atoms with Gasteiger partial charge in [-0.1, -0.05) is 17.7 Å². The van der Waals surface area contributed by atoms with Crippen molar-refractivity contribution in [3.8, 4) is 0 Å². The van der Waals surface area contributed by atoms with Crippen molar-refractivity contribution in [3.05, 3.63) is 75.7 Å². The lowest BCUT2D eigenvalue weighted by atomic mass is 10.1. The average molecular weight is 523 g/mol. The van der Waals surface area contributed by atoms with Crippen LogP contribution in [0.15, 0.2) is 40.9 Å². The predicted octanol–water partition coefficient (Wildman–Crippen LogP) is 5.15. The summed E-state index contributed by atoms with van der Waals surface area (Å²) in [5.41, 5.74) is 3.44. The van der Waals surface area contributed by atoms with Crippen molar-refractivity contribution >= 4 is 40.3 Å². The first-order valence-corrected chi connectivity index (χ1v) is 12.0. The maximum Gasteiger partial charge on any atom is 0.413 e. The fourth-order valence-corrected chi connectivity index (χ4v) is 3.86. The molecule has 2 amide bonds. The van der Waals surface area contributed by atoms with E-state index in [1.54, 1.807) is 40.0 Å². The first-order chi connectivity index (χ1) is 17.5. The largest absolute Gasteiger partial charge is 0.444 e. The molecule has 37 heavy (non-hydrogen) atoms. The number of rotatable bonds is 6. The van der Waals surface area contributed by atoms with Crippen LogP contribution >= 0.6 is 11.6 Å². The highest BCUT2D eigenvalue weighted by Gasteiger charge is 2.19. The van der Waals surface area contributed by atoms with Gasteiger partial charge in [-0.3, -0.25) is 15.1 Å². The van der Waals surface area contributed by atoms with E-state index >= 15 is 0 Å². The normalized spacial score (nSPS) is 11.4. The van der Waals surface area contributed by atoms with Crippen LogP contribution in [0.2, 0.25) is 5.02 Å². The highest BCUT2D eigenvalue weighted by atomic mass is 35.5. The predicted molar refractivity (Wildman–Crippen MR) is 139 cm³/mol. The number of benzene rings is 1. The minimum absolute atomic E-state index is 0.132. The highest BCUT2D eigenvalue weighted by Crippen LogP contribution is 2.20. The summed E-state index contributed by atoms with van der Waals surface area (Å²) in [6.07, 6.45) is 1.37. The average Bonchev–Trinajstić information content (AvgIpc) is 3.25. The van der Waals surface area contributed by atoms with Gasteiger partial charge < -0.3 is 14.5 Å². The van der Waals surface area contributed by atoms with E-state index in [0.717, 1.165) is 27.6 Å². The zero-order chi connectivity index (χ0) is 26.7. The lowest BCUT2D eigenvalue weighted by molar-refractivity contribution is 0.0635. The van der Waals surface area contributed by atoms with Crippen molar-refractivity contribution in [2.24, 2.45) is 0 Å². The van der Waals surface area contributed by atoms with Crippen LogP contribution in [0.3, 0.4) is 0 Å². The van der Waals surface area contributed by atoms with Gasteiger partial charge in [0.2, 0.25) is 5.89 Å². The maximum atomic E-state index is 12.6. The number of nitrogens with zero attached hydrogens (tertiary/aromatic N) is 4. The van der Waals surface area contributed by atoms with E-state index in [1.807, 2.05) is 31.2 Å². The molecular formula is C26H27ClN6O4. The number of carbonyl (C=O) groups excluding carboxylic acids is 2. The molecule has 0 spiro atoms. The molecule has 0 saturated carbocycles. The second kappa shape index (κ2) is 10.5. The second-order valence-electron chi connectivity index (χ2n) is 9.56. The van der Waals surface area contributed by atoms with Gasteiger partial charge in [0.15, 0.2) is 0 Å². The molecule has 192 valence electrons. The molecule has 10 nitrogen and oxygen atoms in total. The van der Waals surface area contributed by atoms with Gasteiger partial charge in [0.25, 0.3) is 0 Å². The summed E-state index contributed by atoms with van der Waals surface area (Å²) in [5, 5.41) is 14.7. The van der Waals surface area contributed by atoms with Crippen molar-refractivity contribution in [1.29, 1.82) is 0 Å². The SMILES string of the molecule is Cc1cc(NC(=O)OC(C)(C)C)nc(C)c1CNC(=O)c1nnc(Cc2ccc3ncc(Cl)cc3c2)o1. The molecule has 0 atom stereocenters. The third-order valence-electron chi connectivity index (χ3n) is 5.34. The Bertz CT molecular complexity index is 1450. The number of amides is 2. The smallest absolute Gasteiger partial charge is 0.413 e. The lowest BCUT2D eigenvalue weighted by Gasteiger charge is -2.20. The first-order valence-electron chi connectivity index (χ1n) is 11.6. The van der Waals surface area contributed by atoms with Gasteiger partial charge in [-0.15, -0.1) is 10.2 Å². The second-order valence-corrected chi connectivity index (χ2v) is 9.99. The number of fused-ring (bicyclic) bond motifs is 1. The van der Waals surface area contributed by atoms with Crippen molar-refractivity contribution < 1.29 is 18.7 Å².